The van der Waals surface area contributed by atoms with Gasteiger partial charge in [0, 0.05) is 36.8 Å². The van der Waals surface area contributed by atoms with E-state index in [1.54, 1.807) is 49.6 Å². The van der Waals surface area contributed by atoms with Gasteiger partial charge in [-0.05, 0) is 54.1 Å². The molecule has 2 heterocycles. The van der Waals surface area contributed by atoms with Gasteiger partial charge in [-0.3, -0.25) is 9.59 Å². The molecule has 0 radical (unpaired) electrons. The maximum absolute atomic E-state index is 13.7. The minimum absolute atomic E-state index is 0.201. The van der Waals surface area contributed by atoms with Gasteiger partial charge >= 0.3 is 0 Å². The molecule has 2 aromatic carbocycles. The second-order valence-corrected chi connectivity index (χ2v) is 7.20. The number of carbonyl (C=O) groups is 2. The zero-order chi connectivity index (χ0) is 22.5. The van der Waals surface area contributed by atoms with Crippen molar-refractivity contribution in [2.24, 2.45) is 0 Å². The number of nitrogens with zero attached hydrogens (tertiary/aromatic N) is 1. The molecule has 0 atom stereocenters. The largest absolute Gasteiger partial charge is 0.459 e. The summed E-state index contributed by atoms with van der Waals surface area (Å²) in [6.07, 6.45) is 1.43. The van der Waals surface area contributed by atoms with E-state index in [1.165, 1.54) is 18.4 Å². The molecule has 0 fully saturated rings. The Morgan fingerprint density at radius 3 is 2.69 bits per heavy atom. The zero-order valence-electron chi connectivity index (χ0n) is 17.4. The van der Waals surface area contributed by atoms with Gasteiger partial charge in [-0.1, -0.05) is 12.1 Å². The van der Waals surface area contributed by atoms with Gasteiger partial charge in [-0.2, -0.15) is 0 Å². The highest BCUT2D eigenvalue weighted by molar-refractivity contribution is 6.04. The third kappa shape index (κ3) is 4.70. The lowest BCUT2D eigenvalue weighted by Crippen LogP contribution is -2.29. The Morgan fingerprint density at radius 1 is 1.06 bits per heavy atom. The van der Waals surface area contributed by atoms with Crippen molar-refractivity contribution in [1.82, 2.24) is 9.88 Å². The fourth-order valence-corrected chi connectivity index (χ4v) is 3.48. The number of rotatable bonds is 8. The molecule has 4 aromatic rings. The molecule has 8 heteroatoms. The molecule has 0 saturated carbocycles. The summed E-state index contributed by atoms with van der Waals surface area (Å²) in [7, 11) is 1.56. The molecule has 2 N–H and O–H groups in total. The van der Waals surface area contributed by atoms with Crippen LogP contribution in [0.25, 0.3) is 10.9 Å². The molecule has 0 unspecified atom stereocenters. The predicted octanol–water partition coefficient (Wildman–Crippen LogP) is 4.05. The number of benzene rings is 2. The highest BCUT2D eigenvalue weighted by atomic mass is 19.1. The first kappa shape index (κ1) is 21.3. The first-order chi connectivity index (χ1) is 15.5. The van der Waals surface area contributed by atoms with Crippen molar-refractivity contribution in [1.29, 1.82) is 0 Å². The molecule has 32 heavy (non-hydrogen) atoms. The van der Waals surface area contributed by atoms with E-state index in [0.717, 1.165) is 16.5 Å². The van der Waals surface area contributed by atoms with Crippen LogP contribution in [0, 0.1) is 5.82 Å². The quantitative estimate of drug-likeness (QED) is 0.409. The van der Waals surface area contributed by atoms with Crippen LogP contribution >= 0.6 is 0 Å². The summed E-state index contributed by atoms with van der Waals surface area (Å²) < 4.78 is 25.7. The van der Waals surface area contributed by atoms with Crippen LogP contribution in [0.3, 0.4) is 0 Å². The third-order valence-corrected chi connectivity index (χ3v) is 4.96. The van der Waals surface area contributed by atoms with Crippen LogP contribution in [0.5, 0.6) is 0 Å². The average molecular weight is 435 g/mol. The van der Waals surface area contributed by atoms with Crippen molar-refractivity contribution in [2.45, 2.75) is 6.54 Å². The summed E-state index contributed by atoms with van der Waals surface area (Å²) in [5, 5.41) is 6.37. The van der Waals surface area contributed by atoms with Crippen molar-refractivity contribution in [3.8, 4) is 0 Å². The van der Waals surface area contributed by atoms with Gasteiger partial charge < -0.3 is 24.4 Å². The van der Waals surface area contributed by atoms with Crippen molar-refractivity contribution in [3.63, 3.8) is 0 Å². The van der Waals surface area contributed by atoms with Crippen LogP contribution < -0.4 is 10.6 Å². The van der Waals surface area contributed by atoms with E-state index in [1.807, 2.05) is 10.6 Å². The Balaban J connectivity index is 1.68. The van der Waals surface area contributed by atoms with E-state index in [9.17, 15) is 14.0 Å². The van der Waals surface area contributed by atoms with Gasteiger partial charge in [0.05, 0.1) is 12.9 Å². The Labute approximate surface area is 183 Å². The number of fused-ring (bicyclic) bond motifs is 1. The van der Waals surface area contributed by atoms with Gasteiger partial charge in [-0.25, -0.2) is 4.39 Å². The van der Waals surface area contributed by atoms with Crippen LogP contribution in [0.4, 0.5) is 10.1 Å². The van der Waals surface area contributed by atoms with Crippen molar-refractivity contribution in [3.05, 3.63) is 89.8 Å². The number of aromatic nitrogens is 1. The van der Waals surface area contributed by atoms with E-state index in [-0.39, 0.29) is 23.4 Å². The fourth-order valence-electron chi connectivity index (χ4n) is 3.48. The minimum atomic E-state index is -0.369. The number of nitrogens with one attached hydrogen (secondary N) is 2. The number of methoxy groups -OCH3 is 1. The maximum atomic E-state index is 13.7. The number of furan rings is 1. The van der Waals surface area contributed by atoms with E-state index >= 15 is 0 Å². The average Bonchev–Trinajstić information content (AvgIpc) is 3.43. The van der Waals surface area contributed by atoms with E-state index in [4.69, 9.17) is 9.15 Å². The monoisotopic (exact) mass is 435 g/mol. The number of hydrogen-bond acceptors (Lipinski definition) is 4. The lowest BCUT2D eigenvalue weighted by Gasteiger charge is -2.12. The Hall–Kier alpha value is -3.91. The van der Waals surface area contributed by atoms with E-state index in [2.05, 4.69) is 10.6 Å². The van der Waals surface area contributed by atoms with Gasteiger partial charge in [0.2, 0.25) is 0 Å². The van der Waals surface area contributed by atoms with Crippen LogP contribution in [0.1, 0.15) is 26.6 Å². The molecule has 0 aliphatic heterocycles. The smallest absolute Gasteiger partial charge is 0.291 e. The Bertz CT molecular complexity index is 1250. The van der Waals surface area contributed by atoms with E-state index in [0.29, 0.717) is 31.1 Å². The molecule has 4 rings (SSSR count). The number of amides is 2. The molecule has 0 aliphatic carbocycles. The zero-order valence-corrected chi connectivity index (χ0v) is 17.4. The normalized spacial score (nSPS) is 10.9. The maximum Gasteiger partial charge on any atom is 0.291 e. The Morgan fingerprint density at radius 2 is 1.94 bits per heavy atom. The highest BCUT2D eigenvalue weighted by Crippen LogP contribution is 2.25. The summed E-state index contributed by atoms with van der Waals surface area (Å²) in [6, 6.07) is 16.6. The van der Waals surface area contributed by atoms with Crippen LogP contribution in [-0.2, 0) is 11.3 Å². The lowest BCUT2D eigenvalue weighted by atomic mass is 10.2. The molecule has 0 saturated heterocycles. The molecule has 2 amide bonds. The molecule has 164 valence electrons. The second kappa shape index (κ2) is 9.49. The number of hydrogen-bond donors (Lipinski definition) is 2. The predicted molar refractivity (Wildman–Crippen MR) is 118 cm³/mol. The molecular formula is C24H22FN3O4. The molecule has 0 aliphatic rings. The topological polar surface area (TPSA) is 85.5 Å². The molecule has 2 aromatic heterocycles. The SMILES string of the molecule is COCCNC(=O)c1cc2cc(NC(=O)c3ccco3)ccc2n1Cc1cccc(F)c1. The second-order valence-electron chi connectivity index (χ2n) is 7.20. The summed E-state index contributed by atoms with van der Waals surface area (Å²) in [5.74, 6) is -0.776. The van der Waals surface area contributed by atoms with E-state index < -0.39 is 0 Å². The number of ether oxygens (including phenoxy) is 1. The number of halogens is 1. The summed E-state index contributed by atoms with van der Waals surface area (Å²) in [6.45, 7) is 1.06. The summed E-state index contributed by atoms with van der Waals surface area (Å²) in [5.41, 5.74) is 2.49. The summed E-state index contributed by atoms with van der Waals surface area (Å²) in [4.78, 5) is 25.1. The van der Waals surface area contributed by atoms with Gasteiger partial charge in [0.1, 0.15) is 11.5 Å². The van der Waals surface area contributed by atoms with Crippen molar-refractivity contribution >= 4 is 28.4 Å². The van der Waals surface area contributed by atoms with Crippen molar-refractivity contribution in [2.75, 3.05) is 25.6 Å². The summed E-state index contributed by atoms with van der Waals surface area (Å²) >= 11 is 0. The third-order valence-electron chi connectivity index (χ3n) is 4.96. The first-order valence-corrected chi connectivity index (χ1v) is 10.0. The van der Waals surface area contributed by atoms with Gasteiger partial charge in [0.15, 0.2) is 5.76 Å². The highest BCUT2D eigenvalue weighted by Gasteiger charge is 2.17. The van der Waals surface area contributed by atoms with Crippen molar-refractivity contribution < 1.29 is 23.1 Å². The molecule has 0 spiro atoms. The molecule has 7 nitrogen and oxygen atoms in total. The Kier molecular flexibility index (Phi) is 6.32. The van der Waals surface area contributed by atoms with Crippen LogP contribution in [-0.4, -0.2) is 36.6 Å². The van der Waals surface area contributed by atoms with Crippen LogP contribution in [0.2, 0.25) is 0 Å². The first-order valence-electron chi connectivity index (χ1n) is 10.0. The van der Waals surface area contributed by atoms with Gasteiger partial charge in [0.25, 0.3) is 11.8 Å². The standard InChI is InChI=1S/C24H22FN3O4/c1-31-11-9-26-23(29)21-14-17-13-19(27-24(30)22-6-3-10-32-22)7-8-20(17)28(21)15-16-4-2-5-18(25)12-16/h2-8,10,12-14H,9,11,15H2,1H3,(H,26,29)(H,27,30). The fraction of sp³-hybridized carbons (Fsp3) is 0.167. The van der Waals surface area contributed by atoms with Crippen LogP contribution in [0.15, 0.2) is 71.3 Å². The number of anilines is 1. The lowest BCUT2D eigenvalue weighted by molar-refractivity contribution is 0.0928. The van der Waals surface area contributed by atoms with Gasteiger partial charge in [-0.15, -0.1) is 0 Å². The molecule has 0 bridgehead atoms. The molecular weight excluding hydrogens is 413 g/mol. The minimum Gasteiger partial charge on any atom is -0.459 e. The number of carbonyl (C=O) groups excluding carboxylic acids is 2.